The lowest BCUT2D eigenvalue weighted by Crippen LogP contribution is -2.10. The van der Waals surface area contributed by atoms with Crippen LogP contribution in [-0.2, 0) is 19.4 Å². The van der Waals surface area contributed by atoms with Crippen molar-refractivity contribution in [3.05, 3.63) is 45.7 Å². The summed E-state index contributed by atoms with van der Waals surface area (Å²) in [5.74, 6) is 0.629. The summed E-state index contributed by atoms with van der Waals surface area (Å²) in [4.78, 5) is 12.5. The molecule has 112 valence electrons. The van der Waals surface area contributed by atoms with Gasteiger partial charge in [0.15, 0.2) is 5.78 Å². The monoisotopic (exact) mass is 350 g/mol. The second-order valence-electron chi connectivity index (χ2n) is 4.74. The maximum Gasteiger partial charge on any atom is 0.172 e. The molecule has 0 aliphatic heterocycles. The summed E-state index contributed by atoms with van der Waals surface area (Å²) in [5, 5.41) is 4.48. The number of aryl methyl sites for hydroxylation is 2. The average molecular weight is 351 g/mol. The van der Waals surface area contributed by atoms with Crippen LogP contribution in [0.5, 0.6) is 5.75 Å². The highest BCUT2D eigenvalue weighted by Crippen LogP contribution is 2.25. The number of Topliss-reactive ketones (excluding diaryl/α,β-unsaturated/α-hetero) is 1. The molecular weight excluding hydrogens is 332 g/mol. The lowest BCUT2D eigenvalue weighted by atomic mass is 10.1. The first kappa shape index (κ1) is 15.8. The number of halogens is 1. The number of hydrogen-bond donors (Lipinski definition) is 0. The van der Waals surface area contributed by atoms with E-state index < -0.39 is 0 Å². The Morgan fingerprint density at radius 1 is 1.33 bits per heavy atom. The zero-order valence-corrected chi connectivity index (χ0v) is 14.1. The fourth-order valence-electron chi connectivity index (χ4n) is 2.26. The first-order chi connectivity index (χ1) is 10.1. The van der Waals surface area contributed by atoms with Crippen molar-refractivity contribution in [1.82, 2.24) is 9.78 Å². The van der Waals surface area contributed by atoms with E-state index in [0.29, 0.717) is 17.7 Å². The van der Waals surface area contributed by atoms with Crippen LogP contribution in [0.25, 0.3) is 0 Å². The van der Waals surface area contributed by atoms with Gasteiger partial charge in [0.1, 0.15) is 5.75 Å². The summed E-state index contributed by atoms with van der Waals surface area (Å²) in [6.45, 7) is 4.85. The molecule has 0 aliphatic carbocycles. The SMILES string of the molecule is CCc1cc(CC(=O)c2ccc(Br)cc2OC)n(CC)n1. The number of methoxy groups -OCH3 is 1. The Labute approximate surface area is 133 Å². The van der Waals surface area contributed by atoms with Gasteiger partial charge < -0.3 is 4.74 Å². The van der Waals surface area contributed by atoms with Gasteiger partial charge in [-0.3, -0.25) is 9.48 Å². The molecule has 5 heteroatoms. The molecule has 1 heterocycles. The first-order valence-corrected chi connectivity index (χ1v) is 7.80. The van der Waals surface area contributed by atoms with E-state index in [-0.39, 0.29) is 5.78 Å². The molecule has 0 unspecified atom stereocenters. The van der Waals surface area contributed by atoms with Crippen molar-refractivity contribution >= 4 is 21.7 Å². The standard InChI is InChI=1S/C16H19BrN2O2/c1-4-12-9-13(19(5-2)18-12)10-15(20)14-7-6-11(17)8-16(14)21-3/h6-9H,4-5,10H2,1-3H3. The van der Waals surface area contributed by atoms with Crippen molar-refractivity contribution in [2.45, 2.75) is 33.2 Å². The zero-order valence-electron chi connectivity index (χ0n) is 12.5. The molecule has 2 aromatic rings. The third kappa shape index (κ3) is 3.53. The van der Waals surface area contributed by atoms with Crippen LogP contribution >= 0.6 is 15.9 Å². The fraction of sp³-hybridized carbons (Fsp3) is 0.375. The highest BCUT2D eigenvalue weighted by molar-refractivity contribution is 9.10. The van der Waals surface area contributed by atoms with Crippen LogP contribution in [0.15, 0.2) is 28.7 Å². The highest BCUT2D eigenvalue weighted by Gasteiger charge is 2.16. The van der Waals surface area contributed by atoms with Gasteiger partial charge in [0.2, 0.25) is 0 Å². The molecule has 0 N–H and O–H groups in total. The number of ketones is 1. The van der Waals surface area contributed by atoms with Gasteiger partial charge in [0.25, 0.3) is 0 Å². The third-order valence-corrected chi connectivity index (χ3v) is 3.87. The van der Waals surface area contributed by atoms with E-state index in [2.05, 4.69) is 28.0 Å². The van der Waals surface area contributed by atoms with Crippen LogP contribution in [0.4, 0.5) is 0 Å². The maximum atomic E-state index is 12.5. The van der Waals surface area contributed by atoms with E-state index in [1.807, 2.05) is 29.8 Å². The smallest absolute Gasteiger partial charge is 0.172 e. The summed E-state index contributed by atoms with van der Waals surface area (Å²) < 4.78 is 8.08. The largest absolute Gasteiger partial charge is 0.496 e. The van der Waals surface area contributed by atoms with Crippen molar-refractivity contribution < 1.29 is 9.53 Å². The van der Waals surface area contributed by atoms with Crippen LogP contribution in [0.1, 0.15) is 35.6 Å². The highest BCUT2D eigenvalue weighted by atomic mass is 79.9. The second kappa shape index (κ2) is 6.89. The molecular formula is C16H19BrN2O2. The molecule has 1 aromatic heterocycles. The molecule has 0 spiro atoms. The molecule has 0 atom stereocenters. The second-order valence-corrected chi connectivity index (χ2v) is 5.66. The molecule has 0 amide bonds. The Bertz CT molecular complexity index is 650. The van der Waals surface area contributed by atoms with Crippen LogP contribution in [0.3, 0.4) is 0 Å². The predicted octanol–water partition coefficient (Wildman–Crippen LogP) is 3.66. The topological polar surface area (TPSA) is 44.1 Å². The van der Waals surface area contributed by atoms with Gasteiger partial charge in [-0.25, -0.2) is 0 Å². The number of carbonyl (C=O) groups is 1. The van der Waals surface area contributed by atoms with Gasteiger partial charge in [-0.1, -0.05) is 22.9 Å². The minimum atomic E-state index is 0.0385. The molecule has 0 bridgehead atoms. The zero-order chi connectivity index (χ0) is 15.4. The molecule has 0 radical (unpaired) electrons. The van der Waals surface area contributed by atoms with Crippen LogP contribution < -0.4 is 4.74 Å². The molecule has 0 aliphatic rings. The Balaban J connectivity index is 2.27. The lowest BCUT2D eigenvalue weighted by molar-refractivity contribution is 0.0987. The summed E-state index contributed by atoms with van der Waals surface area (Å²) >= 11 is 3.38. The number of carbonyl (C=O) groups excluding carboxylic acids is 1. The van der Waals surface area contributed by atoms with Crippen LogP contribution in [-0.4, -0.2) is 22.7 Å². The van der Waals surface area contributed by atoms with Gasteiger partial charge in [0.05, 0.1) is 24.8 Å². The minimum absolute atomic E-state index is 0.0385. The van der Waals surface area contributed by atoms with Gasteiger partial charge in [-0.05, 0) is 37.6 Å². The maximum absolute atomic E-state index is 12.5. The van der Waals surface area contributed by atoms with Crippen molar-refractivity contribution in [2.24, 2.45) is 0 Å². The van der Waals surface area contributed by atoms with Gasteiger partial charge in [-0.15, -0.1) is 0 Å². The summed E-state index contributed by atoms with van der Waals surface area (Å²) in [6, 6.07) is 7.46. The number of nitrogens with zero attached hydrogens (tertiary/aromatic N) is 2. The molecule has 1 aromatic carbocycles. The quantitative estimate of drug-likeness (QED) is 0.746. The van der Waals surface area contributed by atoms with E-state index >= 15 is 0 Å². The summed E-state index contributed by atoms with van der Waals surface area (Å²) in [7, 11) is 1.57. The lowest BCUT2D eigenvalue weighted by Gasteiger charge is -2.09. The molecule has 0 saturated carbocycles. The van der Waals surface area contributed by atoms with Crippen molar-refractivity contribution in [3.8, 4) is 5.75 Å². The van der Waals surface area contributed by atoms with Crippen molar-refractivity contribution in [2.75, 3.05) is 7.11 Å². The molecule has 4 nitrogen and oxygen atoms in total. The number of ether oxygens (including phenoxy) is 1. The van der Waals surface area contributed by atoms with Gasteiger partial charge in [-0.2, -0.15) is 5.10 Å². The van der Waals surface area contributed by atoms with E-state index in [1.165, 1.54) is 0 Å². The fourth-order valence-corrected chi connectivity index (χ4v) is 2.60. The molecule has 0 fully saturated rings. The number of rotatable bonds is 6. The van der Waals surface area contributed by atoms with Crippen LogP contribution in [0, 0.1) is 0 Å². The van der Waals surface area contributed by atoms with E-state index in [1.54, 1.807) is 13.2 Å². The van der Waals surface area contributed by atoms with E-state index in [9.17, 15) is 4.79 Å². The normalized spacial score (nSPS) is 10.7. The average Bonchev–Trinajstić information content (AvgIpc) is 2.89. The third-order valence-electron chi connectivity index (χ3n) is 3.38. The number of aromatic nitrogens is 2. The van der Waals surface area contributed by atoms with Gasteiger partial charge >= 0.3 is 0 Å². The molecule has 2 rings (SSSR count). The Morgan fingerprint density at radius 2 is 2.10 bits per heavy atom. The number of benzene rings is 1. The summed E-state index contributed by atoms with van der Waals surface area (Å²) in [5.41, 5.74) is 2.56. The summed E-state index contributed by atoms with van der Waals surface area (Å²) in [6.07, 6.45) is 1.20. The van der Waals surface area contributed by atoms with E-state index in [4.69, 9.17) is 4.74 Å². The minimum Gasteiger partial charge on any atom is -0.496 e. The van der Waals surface area contributed by atoms with Crippen LogP contribution in [0.2, 0.25) is 0 Å². The Morgan fingerprint density at radius 3 is 2.71 bits per heavy atom. The molecule has 21 heavy (non-hydrogen) atoms. The number of hydrogen-bond acceptors (Lipinski definition) is 3. The Hall–Kier alpha value is -1.62. The predicted molar refractivity (Wildman–Crippen MR) is 86.0 cm³/mol. The van der Waals surface area contributed by atoms with Crippen molar-refractivity contribution in [1.29, 1.82) is 0 Å². The first-order valence-electron chi connectivity index (χ1n) is 7.01. The molecule has 0 saturated heterocycles. The Kier molecular flexibility index (Phi) is 5.17. The van der Waals surface area contributed by atoms with Crippen molar-refractivity contribution in [3.63, 3.8) is 0 Å². The van der Waals surface area contributed by atoms with E-state index in [0.717, 1.165) is 28.8 Å². The van der Waals surface area contributed by atoms with Gasteiger partial charge in [0, 0.05) is 16.7 Å².